The van der Waals surface area contributed by atoms with E-state index in [-0.39, 0.29) is 17.5 Å². The first-order chi connectivity index (χ1) is 7.48. The number of hydrogen-bond acceptors (Lipinski definition) is 2. The van der Waals surface area contributed by atoms with E-state index < -0.39 is 0 Å². The molecule has 1 aliphatic carbocycles. The maximum atomic E-state index is 12.2. The third kappa shape index (κ3) is 3.48. The molecule has 0 aliphatic heterocycles. The van der Waals surface area contributed by atoms with Gasteiger partial charge in [-0.05, 0) is 33.1 Å². The molecule has 94 valence electrons. The van der Waals surface area contributed by atoms with Gasteiger partial charge in [-0.3, -0.25) is 4.79 Å². The van der Waals surface area contributed by atoms with Crippen LogP contribution in [0, 0.1) is 0 Å². The van der Waals surface area contributed by atoms with E-state index in [1.54, 1.807) is 0 Å². The Morgan fingerprint density at radius 3 is 2.38 bits per heavy atom. The van der Waals surface area contributed by atoms with Crippen molar-refractivity contribution in [2.45, 2.75) is 70.9 Å². The van der Waals surface area contributed by atoms with E-state index in [1.165, 1.54) is 12.8 Å². The van der Waals surface area contributed by atoms with Crippen LogP contribution in [-0.2, 0) is 4.79 Å². The summed E-state index contributed by atoms with van der Waals surface area (Å²) in [7, 11) is 0. The molecule has 0 aromatic carbocycles. The van der Waals surface area contributed by atoms with Gasteiger partial charge in [0.15, 0.2) is 0 Å². The highest BCUT2D eigenvalue weighted by molar-refractivity contribution is 5.77. The third-order valence-electron chi connectivity index (χ3n) is 3.51. The lowest BCUT2D eigenvalue weighted by Gasteiger charge is -2.31. The lowest BCUT2D eigenvalue weighted by Crippen LogP contribution is -2.46. The Morgan fingerprint density at radius 1 is 1.38 bits per heavy atom. The first-order valence-corrected chi connectivity index (χ1v) is 6.57. The summed E-state index contributed by atoms with van der Waals surface area (Å²) in [5, 5.41) is 0. The molecule has 1 rings (SSSR count). The molecule has 1 saturated carbocycles. The maximum absolute atomic E-state index is 12.2. The van der Waals surface area contributed by atoms with Crippen molar-refractivity contribution in [2.24, 2.45) is 5.73 Å². The van der Waals surface area contributed by atoms with Gasteiger partial charge in [-0.2, -0.15) is 0 Å². The van der Waals surface area contributed by atoms with E-state index in [0.717, 1.165) is 25.8 Å². The highest BCUT2D eigenvalue weighted by atomic mass is 16.2. The Hall–Kier alpha value is -0.570. The summed E-state index contributed by atoms with van der Waals surface area (Å²) in [6.45, 7) is 7.11. The summed E-state index contributed by atoms with van der Waals surface area (Å²) < 4.78 is 0. The molecule has 1 amide bonds. The molecule has 1 aliphatic rings. The number of nitrogens with two attached hydrogens (primary N) is 1. The normalized spacial score (nSPS) is 19.1. The molecule has 0 aromatic heterocycles. The van der Waals surface area contributed by atoms with Gasteiger partial charge >= 0.3 is 0 Å². The number of nitrogens with zero attached hydrogens (tertiary/aromatic N) is 1. The zero-order valence-electron chi connectivity index (χ0n) is 11.0. The zero-order valence-corrected chi connectivity index (χ0v) is 11.0. The number of carbonyl (C=O) groups is 1. The van der Waals surface area contributed by atoms with Crippen molar-refractivity contribution < 1.29 is 4.79 Å². The van der Waals surface area contributed by atoms with Gasteiger partial charge in [-0.25, -0.2) is 0 Å². The molecule has 2 N–H and O–H groups in total. The van der Waals surface area contributed by atoms with Crippen molar-refractivity contribution >= 4 is 5.91 Å². The summed E-state index contributed by atoms with van der Waals surface area (Å²) in [6.07, 6.45) is 5.93. The summed E-state index contributed by atoms with van der Waals surface area (Å²) in [6, 6.07) is 0.289. The highest BCUT2D eigenvalue weighted by Gasteiger charge is 2.33. The first-order valence-electron chi connectivity index (χ1n) is 6.57. The van der Waals surface area contributed by atoms with Gasteiger partial charge < -0.3 is 10.6 Å². The average molecular weight is 226 g/mol. The molecule has 0 unspecified atom stereocenters. The van der Waals surface area contributed by atoms with E-state index in [9.17, 15) is 4.79 Å². The summed E-state index contributed by atoms with van der Waals surface area (Å²) in [5.74, 6) is 0.237. The Morgan fingerprint density at radius 2 is 1.94 bits per heavy atom. The molecule has 16 heavy (non-hydrogen) atoms. The van der Waals surface area contributed by atoms with Crippen LogP contribution in [-0.4, -0.2) is 28.9 Å². The predicted octanol–water partition coefficient (Wildman–Crippen LogP) is 2.29. The zero-order chi connectivity index (χ0) is 12.2. The van der Waals surface area contributed by atoms with Crippen molar-refractivity contribution in [1.82, 2.24) is 4.90 Å². The van der Waals surface area contributed by atoms with Gasteiger partial charge in [0.25, 0.3) is 0 Å². The minimum Gasteiger partial charge on any atom is -0.340 e. The monoisotopic (exact) mass is 226 g/mol. The van der Waals surface area contributed by atoms with E-state index in [1.807, 2.05) is 4.90 Å². The fourth-order valence-corrected chi connectivity index (χ4v) is 2.57. The number of amides is 1. The number of hydrogen-bond donors (Lipinski definition) is 1. The Labute approximate surface area is 99.4 Å². The molecule has 0 bridgehead atoms. The minimum atomic E-state index is -0.210. The SMILES string of the molecule is CCCN(C(=O)CC1(N)CCCC1)C(C)C. The van der Waals surface area contributed by atoms with Crippen LogP contribution in [0.4, 0.5) is 0 Å². The summed E-state index contributed by atoms with van der Waals surface area (Å²) in [5.41, 5.74) is 6.04. The summed E-state index contributed by atoms with van der Waals surface area (Å²) in [4.78, 5) is 14.1. The smallest absolute Gasteiger partial charge is 0.224 e. The van der Waals surface area contributed by atoms with Crippen molar-refractivity contribution in [3.05, 3.63) is 0 Å². The van der Waals surface area contributed by atoms with Gasteiger partial charge in [0.05, 0.1) is 0 Å². The topological polar surface area (TPSA) is 46.3 Å². The van der Waals surface area contributed by atoms with E-state index in [0.29, 0.717) is 6.42 Å². The molecule has 0 heterocycles. The standard InChI is InChI=1S/C13H26N2O/c1-4-9-15(11(2)3)12(16)10-13(14)7-5-6-8-13/h11H,4-10,14H2,1-3H3. The van der Waals surface area contributed by atoms with Crippen LogP contribution in [0.2, 0.25) is 0 Å². The largest absolute Gasteiger partial charge is 0.340 e. The Kier molecular flexibility index (Phi) is 4.78. The second kappa shape index (κ2) is 5.67. The lowest BCUT2D eigenvalue weighted by molar-refractivity contribution is -0.134. The molecule has 3 nitrogen and oxygen atoms in total. The van der Waals surface area contributed by atoms with Crippen molar-refractivity contribution in [2.75, 3.05) is 6.54 Å². The van der Waals surface area contributed by atoms with Crippen LogP contribution in [0.5, 0.6) is 0 Å². The van der Waals surface area contributed by atoms with Gasteiger partial charge in [-0.15, -0.1) is 0 Å². The molecule has 0 spiro atoms. The van der Waals surface area contributed by atoms with E-state index in [2.05, 4.69) is 20.8 Å². The first kappa shape index (κ1) is 13.5. The maximum Gasteiger partial charge on any atom is 0.224 e. The fourth-order valence-electron chi connectivity index (χ4n) is 2.57. The Balaban J connectivity index is 2.54. The van der Waals surface area contributed by atoms with Gasteiger partial charge in [-0.1, -0.05) is 19.8 Å². The second-order valence-electron chi connectivity index (χ2n) is 5.43. The number of carbonyl (C=O) groups excluding carboxylic acids is 1. The quantitative estimate of drug-likeness (QED) is 0.782. The molecule has 3 heteroatoms. The second-order valence-corrected chi connectivity index (χ2v) is 5.43. The van der Waals surface area contributed by atoms with Crippen LogP contribution < -0.4 is 5.73 Å². The van der Waals surface area contributed by atoms with E-state index in [4.69, 9.17) is 5.73 Å². The summed E-state index contributed by atoms with van der Waals surface area (Å²) >= 11 is 0. The minimum absolute atomic E-state index is 0.210. The molecular formula is C13H26N2O. The van der Waals surface area contributed by atoms with Gasteiger partial charge in [0.2, 0.25) is 5.91 Å². The molecule has 0 saturated heterocycles. The van der Waals surface area contributed by atoms with Gasteiger partial charge in [0.1, 0.15) is 0 Å². The number of rotatable bonds is 5. The Bertz CT molecular complexity index is 232. The fraction of sp³-hybridized carbons (Fsp3) is 0.923. The van der Waals surface area contributed by atoms with Crippen LogP contribution >= 0.6 is 0 Å². The molecule has 0 atom stereocenters. The van der Waals surface area contributed by atoms with Crippen LogP contribution in [0.15, 0.2) is 0 Å². The molecule has 0 radical (unpaired) electrons. The highest BCUT2D eigenvalue weighted by Crippen LogP contribution is 2.30. The molecule has 1 fully saturated rings. The van der Waals surface area contributed by atoms with Gasteiger partial charge in [0, 0.05) is 24.5 Å². The van der Waals surface area contributed by atoms with Crippen LogP contribution in [0.3, 0.4) is 0 Å². The van der Waals surface area contributed by atoms with Crippen molar-refractivity contribution in [3.63, 3.8) is 0 Å². The van der Waals surface area contributed by atoms with Crippen molar-refractivity contribution in [3.8, 4) is 0 Å². The molecule has 0 aromatic rings. The molecular weight excluding hydrogens is 200 g/mol. The van der Waals surface area contributed by atoms with Crippen LogP contribution in [0.25, 0.3) is 0 Å². The predicted molar refractivity (Wildman–Crippen MR) is 67.1 cm³/mol. The lowest BCUT2D eigenvalue weighted by atomic mass is 9.94. The van der Waals surface area contributed by atoms with Crippen molar-refractivity contribution in [1.29, 1.82) is 0 Å². The third-order valence-corrected chi connectivity index (χ3v) is 3.51. The average Bonchev–Trinajstić information content (AvgIpc) is 2.60. The van der Waals surface area contributed by atoms with Crippen LogP contribution in [0.1, 0.15) is 59.3 Å². The van der Waals surface area contributed by atoms with E-state index >= 15 is 0 Å².